The van der Waals surface area contributed by atoms with Gasteiger partial charge in [0.05, 0.1) is 13.2 Å². The molecule has 1 fully saturated rings. The molecule has 4 rings (SSSR count). The van der Waals surface area contributed by atoms with Crippen molar-refractivity contribution < 1.29 is 22.0 Å². The minimum absolute atomic E-state index is 0.113. The summed E-state index contributed by atoms with van der Waals surface area (Å²) >= 11 is 0. The molecule has 1 aliphatic heterocycles. The lowest BCUT2D eigenvalue weighted by molar-refractivity contribution is 0.120. The first-order chi connectivity index (χ1) is 13.5. The maximum atomic E-state index is 14.2. The molecule has 3 aromatic rings. The fourth-order valence-electron chi connectivity index (χ4n) is 3.03. The number of rotatable bonds is 4. The molecule has 0 spiro atoms. The Morgan fingerprint density at radius 3 is 2.39 bits per heavy atom. The molecule has 0 N–H and O–H groups in total. The van der Waals surface area contributed by atoms with E-state index in [1.165, 1.54) is 18.2 Å². The highest BCUT2D eigenvalue weighted by Gasteiger charge is 2.33. The Balaban J connectivity index is 1.87. The van der Waals surface area contributed by atoms with Gasteiger partial charge in [0.15, 0.2) is 0 Å². The van der Waals surface area contributed by atoms with Crippen LogP contribution < -0.4 is 4.90 Å². The van der Waals surface area contributed by atoms with Gasteiger partial charge in [-0.3, -0.25) is 0 Å². The number of hydrogen-bond donors (Lipinski definition) is 0. The van der Waals surface area contributed by atoms with Gasteiger partial charge < -0.3 is 14.1 Å². The molecule has 6 nitrogen and oxygen atoms in total. The molecule has 2 aromatic carbocycles. The Morgan fingerprint density at radius 2 is 1.71 bits per heavy atom. The Hall–Kier alpha value is -2.71. The zero-order valence-electron chi connectivity index (χ0n) is 15.3. The Morgan fingerprint density at radius 1 is 1.04 bits per heavy atom. The van der Waals surface area contributed by atoms with Crippen molar-refractivity contribution in [3.05, 3.63) is 59.9 Å². The number of morpholine rings is 1. The van der Waals surface area contributed by atoms with E-state index < -0.39 is 20.5 Å². The number of aryl methyl sites for hydroxylation is 1. The summed E-state index contributed by atoms with van der Waals surface area (Å²) in [7, 11) is -4.21. The highest BCUT2D eigenvalue weighted by atomic mass is 32.2. The van der Waals surface area contributed by atoms with Crippen molar-refractivity contribution >= 4 is 15.7 Å². The van der Waals surface area contributed by atoms with Crippen LogP contribution in [0.4, 0.5) is 10.3 Å². The molecule has 0 atom stereocenters. The summed E-state index contributed by atoms with van der Waals surface area (Å²) in [6, 6.07) is 12.7. The number of hydrogen-bond acceptors (Lipinski definition) is 6. The van der Waals surface area contributed by atoms with Gasteiger partial charge in [0.2, 0.25) is 26.6 Å². The fraction of sp³-hybridized carbons (Fsp3) is 0.250. The summed E-state index contributed by atoms with van der Waals surface area (Å²) in [5, 5.41) is -0.282. The number of benzene rings is 2. The maximum Gasteiger partial charge on any atom is 0.236 e. The van der Waals surface area contributed by atoms with E-state index >= 15 is 0 Å². The van der Waals surface area contributed by atoms with Crippen LogP contribution in [0.25, 0.3) is 11.5 Å². The lowest BCUT2D eigenvalue weighted by Crippen LogP contribution is -2.36. The van der Waals surface area contributed by atoms with E-state index in [-0.39, 0.29) is 16.8 Å². The van der Waals surface area contributed by atoms with E-state index in [1.807, 2.05) is 31.2 Å². The molecule has 0 saturated carbocycles. The zero-order valence-corrected chi connectivity index (χ0v) is 16.1. The number of ether oxygens (including phenoxy) is 1. The first-order valence-corrected chi connectivity index (χ1v) is 10.4. The van der Waals surface area contributed by atoms with Crippen LogP contribution in [0.15, 0.2) is 62.9 Å². The molecular formula is C20H19FN2O4S. The zero-order chi connectivity index (χ0) is 19.7. The Kier molecular flexibility index (Phi) is 4.91. The van der Waals surface area contributed by atoms with E-state index in [9.17, 15) is 12.8 Å². The third-order valence-electron chi connectivity index (χ3n) is 4.56. The quantitative estimate of drug-likeness (QED) is 0.666. The molecule has 1 aromatic heterocycles. The summed E-state index contributed by atoms with van der Waals surface area (Å²) < 4.78 is 51.9. The van der Waals surface area contributed by atoms with Gasteiger partial charge in [0, 0.05) is 18.7 Å². The highest BCUT2D eigenvalue weighted by molar-refractivity contribution is 7.91. The fourth-order valence-corrected chi connectivity index (χ4v) is 4.42. The Labute approximate surface area is 162 Å². The standard InChI is InChI=1S/C20H19FN2O4S/c1-14-6-8-15(9-7-14)18-22-19(20(27-18)23-10-12-26-13-11-23)28(24,25)17-5-3-2-4-16(17)21/h2-9H,10-13H2,1H3. The van der Waals surface area contributed by atoms with Crippen LogP contribution in [-0.2, 0) is 14.6 Å². The van der Waals surface area contributed by atoms with Gasteiger partial charge in [-0.25, -0.2) is 12.8 Å². The second kappa shape index (κ2) is 7.37. The maximum absolute atomic E-state index is 14.2. The lowest BCUT2D eigenvalue weighted by Gasteiger charge is -2.26. The molecule has 8 heteroatoms. The van der Waals surface area contributed by atoms with Gasteiger partial charge in [-0.15, -0.1) is 0 Å². The summed E-state index contributed by atoms with van der Waals surface area (Å²) in [4.78, 5) is 5.61. The van der Waals surface area contributed by atoms with Crippen molar-refractivity contribution in [3.8, 4) is 11.5 Å². The van der Waals surface area contributed by atoms with Crippen LogP contribution in [-0.4, -0.2) is 39.7 Å². The summed E-state index contributed by atoms with van der Waals surface area (Å²) in [5.74, 6) is -0.533. The number of aromatic nitrogens is 1. The predicted octanol–water partition coefficient (Wildman–Crippen LogP) is 3.46. The van der Waals surface area contributed by atoms with Crippen molar-refractivity contribution in [3.63, 3.8) is 0 Å². The normalized spacial score (nSPS) is 15.0. The molecule has 2 heterocycles. The van der Waals surface area contributed by atoms with Crippen LogP contribution in [0, 0.1) is 12.7 Å². The van der Waals surface area contributed by atoms with Crippen molar-refractivity contribution in [1.82, 2.24) is 4.98 Å². The van der Waals surface area contributed by atoms with Crippen molar-refractivity contribution in [2.75, 3.05) is 31.2 Å². The highest BCUT2D eigenvalue weighted by Crippen LogP contribution is 2.35. The third-order valence-corrected chi connectivity index (χ3v) is 6.24. The lowest BCUT2D eigenvalue weighted by atomic mass is 10.1. The first kappa shape index (κ1) is 18.6. The molecule has 0 radical (unpaired) electrons. The van der Waals surface area contributed by atoms with Crippen LogP contribution in [0.5, 0.6) is 0 Å². The van der Waals surface area contributed by atoms with Crippen LogP contribution in [0.2, 0.25) is 0 Å². The van der Waals surface area contributed by atoms with Crippen molar-refractivity contribution in [1.29, 1.82) is 0 Å². The number of sulfone groups is 1. The van der Waals surface area contributed by atoms with Gasteiger partial charge >= 0.3 is 0 Å². The number of oxazole rings is 1. The molecule has 0 amide bonds. The summed E-state index contributed by atoms with van der Waals surface area (Å²) in [6.07, 6.45) is 0. The SMILES string of the molecule is Cc1ccc(-c2nc(S(=O)(=O)c3ccccc3F)c(N3CCOCC3)o2)cc1. The molecular weight excluding hydrogens is 383 g/mol. The Bertz CT molecular complexity index is 1090. The summed E-state index contributed by atoms with van der Waals surface area (Å²) in [5.41, 5.74) is 1.71. The average molecular weight is 402 g/mol. The molecule has 0 bridgehead atoms. The second-order valence-electron chi connectivity index (χ2n) is 6.53. The van der Waals surface area contributed by atoms with Gasteiger partial charge in [-0.1, -0.05) is 29.8 Å². The van der Waals surface area contributed by atoms with E-state index in [0.717, 1.165) is 11.6 Å². The molecule has 1 saturated heterocycles. The van der Waals surface area contributed by atoms with E-state index in [1.54, 1.807) is 4.90 Å². The van der Waals surface area contributed by atoms with Crippen molar-refractivity contribution in [2.24, 2.45) is 0 Å². The van der Waals surface area contributed by atoms with Gasteiger partial charge in [0.25, 0.3) is 0 Å². The van der Waals surface area contributed by atoms with E-state index in [0.29, 0.717) is 31.9 Å². The van der Waals surface area contributed by atoms with E-state index in [4.69, 9.17) is 9.15 Å². The largest absolute Gasteiger partial charge is 0.419 e. The molecule has 28 heavy (non-hydrogen) atoms. The molecule has 0 unspecified atom stereocenters. The van der Waals surface area contributed by atoms with Gasteiger partial charge in [-0.05, 0) is 31.2 Å². The average Bonchev–Trinajstić information content (AvgIpc) is 3.16. The van der Waals surface area contributed by atoms with Crippen LogP contribution in [0.3, 0.4) is 0 Å². The monoisotopic (exact) mass is 402 g/mol. The van der Waals surface area contributed by atoms with Crippen molar-refractivity contribution in [2.45, 2.75) is 16.8 Å². The third kappa shape index (κ3) is 3.41. The van der Waals surface area contributed by atoms with Gasteiger partial charge in [-0.2, -0.15) is 4.98 Å². The smallest absolute Gasteiger partial charge is 0.236 e. The minimum Gasteiger partial charge on any atom is -0.419 e. The molecule has 1 aliphatic rings. The molecule has 146 valence electrons. The molecule has 0 aliphatic carbocycles. The number of nitrogens with zero attached hydrogens (tertiary/aromatic N) is 2. The van der Waals surface area contributed by atoms with Gasteiger partial charge in [0.1, 0.15) is 10.7 Å². The topological polar surface area (TPSA) is 72.6 Å². The predicted molar refractivity (Wildman–Crippen MR) is 102 cm³/mol. The van der Waals surface area contributed by atoms with Crippen LogP contribution in [0.1, 0.15) is 5.56 Å². The first-order valence-electron chi connectivity index (χ1n) is 8.87. The minimum atomic E-state index is -4.21. The second-order valence-corrected chi connectivity index (χ2v) is 8.36. The van der Waals surface area contributed by atoms with E-state index in [2.05, 4.69) is 4.98 Å². The number of anilines is 1. The van der Waals surface area contributed by atoms with Crippen LogP contribution >= 0.6 is 0 Å². The summed E-state index contributed by atoms with van der Waals surface area (Å²) in [6.45, 7) is 3.76. The number of halogens is 1.